The van der Waals surface area contributed by atoms with Gasteiger partial charge in [0.2, 0.25) is 0 Å². The smallest absolute Gasteiger partial charge is 0.0277 e. The SMILES string of the molecule is C=C(C)/C(=C\C=N\C)CCCCC. The zero-order chi connectivity index (χ0) is 10.1. The third-order valence-electron chi connectivity index (χ3n) is 2.02. The van der Waals surface area contributed by atoms with Gasteiger partial charge in [-0.3, -0.25) is 4.99 Å². The molecule has 0 aliphatic rings. The molecule has 0 aliphatic heterocycles. The van der Waals surface area contributed by atoms with Gasteiger partial charge in [-0.1, -0.05) is 31.9 Å². The summed E-state index contributed by atoms with van der Waals surface area (Å²) in [5.41, 5.74) is 2.50. The van der Waals surface area contributed by atoms with E-state index in [1.807, 2.05) is 6.21 Å². The Morgan fingerprint density at radius 2 is 2.08 bits per heavy atom. The molecule has 0 saturated carbocycles. The molecule has 0 atom stereocenters. The highest BCUT2D eigenvalue weighted by Crippen LogP contribution is 2.15. The van der Waals surface area contributed by atoms with Crippen LogP contribution >= 0.6 is 0 Å². The van der Waals surface area contributed by atoms with Crippen LogP contribution in [0.2, 0.25) is 0 Å². The van der Waals surface area contributed by atoms with E-state index in [4.69, 9.17) is 0 Å². The average molecular weight is 179 g/mol. The van der Waals surface area contributed by atoms with Crippen LogP contribution in [0, 0.1) is 0 Å². The predicted octanol–water partition coefficient (Wildman–Crippen LogP) is 3.77. The highest BCUT2D eigenvalue weighted by molar-refractivity contribution is 5.73. The lowest BCUT2D eigenvalue weighted by Gasteiger charge is -2.04. The third kappa shape index (κ3) is 6.32. The first-order valence-corrected chi connectivity index (χ1v) is 4.99. The van der Waals surface area contributed by atoms with Crippen molar-refractivity contribution in [1.29, 1.82) is 0 Å². The monoisotopic (exact) mass is 179 g/mol. The summed E-state index contributed by atoms with van der Waals surface area (Å²) in [7, 11) is 1.79. The Labute approximate surface area is 82.3 Å². The molecule has 0 N–H and O–H groups in total. The van der Waals surface area contributed by atoms with Crippen LogP contribution in [0.1, 0.15) is 39.5 Å². The molecule has 1 heteroatoms. The second-order valence-electron chi connectivity index (χ2n) is 3.34. The van der Waals surface area contributed by atoms with E-state index in [2.05, 4.69) is 31.5 Å². The Bertz CT molecular complexity index is 199. The van der Waals surface area contributed by atoms with Crippen LogP contribution in [0.15, 0.2) is 28.8 Å². The summed E-state index contributed by atoms with van der Waals surface area (Å²) in [6.45, 7) is 8.23. The van der Waals surface area contributed by atoms with E-state index >= 15 is 0 Å². The molecule has 0 heterocycles. The second-order valence-corrected chi connectivity index (χ2v) is 3.34. The number of hydrogen-bond acceptors (Lipinski definition) is 1. The van der Waals surface area contributed by atoms with Crippen LogP contribution in [0.5, 0.6) is 0 Å². The summed E-state index contributed by atoms with van der Waals surface area (Å²) in [5, 5.41) is 0. The normalized spacial score (nSPS) is 12.4. The predicted molar refractivity (Wildman–Crippen MR) is 61.5 cm³/mol. The number of rotatable bonds is 6. The molecule has 0 aromatic heterocycles. The summed E-state index contributed by atoms with van der Waals surface area (Å²) in [4.78, 5) is 3.94. The van der Waals surface area contributed by atoms with Crippen molar-refractivity contribution < 1.29 is 0 Å². The molecule has 13 heavy (non-hydrogen) atoms. The van der Waals surface area contributed by atoms with E-state index in [0.29, 0.717) is 0 Å². The molecular weight excluding hydrogens is 158 g/mol. The number of unbranched alkanes of at least 4 members (excludes halogenated alkanes) is 2. The van der Waals surface area contributed by atoms with Crippen molar-refractivity contribution >= 4 is 6.21 Å². The molecule has 74 valence electrons. The highest BCUT2D eigenvalue weighted by Gasteiger charge is 1.96. The highest BCUT2D eigenvalue weighted by atomic mass is 14.6. The molecule has 0 fully saturated rings. The first-order valence-electron chi connectivity index (χ1n) is 4.99. The fourth-order valence-corrected chi connectivity index (χ4v) is 1.17. The quantitative estimate of drug-likeness (QED) is 0.334. The van der Waals surface area contributed by atoms with Crippen molar-refractivity contribution in [3.63, 3.8) is 0 Å². The van der Waals surface area contributed by atoms with Crippen molar-refractivity contribution in [2.45, 2.75) is 39.5 Å². The maximum atomic E-state index is 3.96. The molecule has 0 spiro atoms. The minimum Gasteiger partial charge on any atom is -0.297 e. The molecule has 0 radical (unpaired) electrons. The van der Waals surface area contributed by atoms with Gasteiger partial charge in [0.05, 0.1) is 0 Å². The minimum atomic E-state index is 1.13. The van der Waals surface area contributed by atoms with Crippen LogP contribution in [0.3, 0.4) is 0 Å². The van der Waals surface area contributed by atoms with Crippen molar-refractivity contribution in [3.05, 3.63) is 23.8 Å². The minimum absolute atomic E-state index is 1.13. The van der Waals surface area contributed by atoms with Gasteiger partial charge in [0.1, 0.15) is 0 Å². The van der Waals surface area contributed by atoms with Gasteiger partial charge in [0.25, 0.3) is 0 Å². The third-order valence-corrected chi connectivity index (χ3v) is 2.02. The standard InChI is InChI=1S/C12H21N/c1-5-6-7-8-12(11(2)3)9-10-13-4/h9-10H,2,5-8H2,1,3-4H3/b12-9-,13-10+. The fraction of sp³-hybridized carbons (Fsp3) is 0.583. The summed E-state index contributed by atoms with van der Waals surface area (Å²) < 4.78 is 0. The lowest BCUT2D eigenvalue weighted by molar-refractivity contribution is 0.716. The molecule has 0 aromatic carbocycles. The topological polar surface area (TPSA) is 12.4 Å². The van der Waals surface area contributed by atoms with Crippen LogP contribution in [-0.2, 0) is 0 Å². The van der Waals surface area contributed by atoms with Crippen molar-refractivity contribution in [3.8, 4) is 0 Å². The molecule has 0 rings (SSSR count). The van der Waals surface area contributed by atoms with Gasteiger partial charge in [-0.2, -0.15) is 0 Å². The number of aliphatic imine (C=N–C) groups is 1. The molecule has 0 saturated heterocycles. The molecule has 0 aromatic rings. The van der Waals surface area contributed by atoms with Gasteiger partial charge in [0, 0.05) is 13.3 Å². The summed E-state index contributed by atoms with van der Waals surface area (Å²) in [5.74, 6) is 0. The van der Waals surface area contributed by atoms with Crippen molar-refractivity contribution in [2.75, 3.05) is 7.05 Å². The number of allylic oxidation sites excluding steroid dienone is 3. The molecule has 0 amide bonds. The summed E-state index contributed by atoms with van der Waals surface area (Å²) in [6.07, 6.45) is 8.87. The second kappa shape index (κ2) is 7.78. The van der Waals surface area contributed by atoms with E-state index < -0.39 is 0 Å². The summed E-state index contributed by atoms with van der Waals surface area (Å²) >= 11 is 0. The van der Waals surface area contributed by atoms with Gasteiger partial charge in [-0.05, 0) is 31.4 Å². The molecule has 0 aliphatic carbocycles. The Hall–Kier alpha value is -0.850. The maximum Gasteiger partial charge on any atom is 0.0277 e. The van der Waals surface area contributed by atoms with E-state index in [-0.39, 0.29) is 0 Å². The number of nitrogens with zero attached hydrogens (tertiary/aromatic N) is 1. The largest absolute Gasteiger partial charge is 0.297 e. The van der Waals surface area contributed by atoms with Crippen molar-refractivity contribution in [1.82, 2.24) is 0 Å². The van der Waals surface area contributed by atoms with Crippen LogP contribution in [0.25, 0.3) is 0 Å². The van der Waals surface area contributed by atoms with Crippen LogP contribution < -0.4 is 0 Å². The molecule has 1 nitrogen and oxygen atoms in total. The average Bonchev–Trinajstić information content (AvgIpc) is 2.10. The Kier molecular flexibility index (Phi) is 7.27. The van der Waals surface area contributed by atoms with Gasteiger partial charge >= 0.3 is 0 Å². The maximum absolute atomic E-state index is 3.96. The fourth-order valence-electron chi connectivity index (χ4n) is 1.17. The van der Waals surface area contributed by atoms with E-state index in [1.54, 1.807) is 7.05 Å². The summed E-state index contributed by atoms with van der Waals surface area (Å²) in [6, 6.07) is 0. The molecule has 0 bridgehead atoms. The molecular formula is C12H21N. The Morgan fingerprint density at radius 1 is 1.38 bits per heavy atom. The zero-order valence-corrected chi connectivity index (χ0v) is 9.14. The van der Waals surface area contributed by atoms with Gasteiger partial charge in [-0.25, -0.2) is 0 Å². The van der Waals surface area contributed by atoms with Gasteiger partial charge in [0.15, 0.2) is 0 Å². The number of hydrogen-bond donors (Lipinski definition) is 0. The van der Waals surface area contributed by atoms with E-state index in [9.17, 15) is 0 Å². The van der Waals surface area contributed by atoms with E-state index in [1.165, 1.54) is 24.8 Å². The van der Waals surface area contributed by atoms with Crippen LogP contribution in [-0.4, -0.2) is 13.3 Å². The van der Waals surface area contributed by atoms with Gasteiger partial charge < -0.3 is 0 Å². The first kappa shape index (κ1) is 12.2. The lowest BCUT2D eigenvalue weighted by Crippen LogP contribution is -1.86. The zero-order valence-electron chi connectivity index (χ0n) is 9.14. The van der Waals surface area contributed by atoms with Crippen LogP contribution in [0.4, 0.5) is 0 Å². The van der Waals surface area contributed by atoms with E-state index in [0.717, 1.165) is 12.0 Å². The Balaban J connectivity index is 4.03. The van der Waals surface area contributed by atoms with Crippen molar-refractivity contribution in [2.24, 2.45) is 4.99 Å². The lowest BCUT2D eigenvalue weighted by atomic mass is 10.0. The Morgan fingerprint density at radius 3 is 2.54 bits per heavy atom. The van der Waals surface area contributed by atoms with Gasteiger partial charge in [-0.15, -0.1) is 0 Å². The first-order chi connectivity index (χ1) is 6.22. The molecule has 0 unspecified atom stereocenters.